The molecule has 2 unspecified atom stereocenters. The van der Waals surface area contributed by atoms with Gasteiger partial charge in [-0.15, -0.1) is 0 Å². The molecular weight excluding hydrogens is 235 g/mol. The fourth-order valence-corrected chi connectivity index (χ4v) is 2.23. The topological polar surface area (TPSA) is 55.7 Å². The van der Waals surface area contributed by atoms with Gasteiger partial charge in [0.05, 0.1) is 12.2 Å². The summed E-state index contributed by atoms with van der Waals surface area (Å²) < 4.78 is 13.3. The van der Waals surface area contributed by atoms with Crippen molar-refractivity contribution < 1.29 is 14.6 Å². The van der Waals surface area contributed by atoms with Crippen LogP contribution in [0, 0.1) is 5.82 Å². The average molecular weight is 254 g/mol. The Bertz CT molecular complexity index is 404. The Morgan fingerprint density at radius 2 is 2.00 bits per heavy atom. The van der Waals surface area contributed by atoms with Crippen molar-refractivity contribution in [3.05, 3.63) is 29.6 Å². The Hall–Kier alpha value is -1.17. The Balaban J connectivity index is 2.21. The van der Waals surface area contributed by atoms with Gasteiger partial charge in [0.15, 0.2) is 0 Å². The molecule has 0 saturated carbocycles. The predicted octanol–water partition coefficient (Wildman–Crippen LogP) is 0.477. The molecule has 1 aromatic rings. The first-order chi connectivity index (χ1) is 8.61. The highest BCUT2D eigenvalue weighted by Crippen LogP contribution is 2.25. The van der Waals surface area contributed by atoms with E-state index in [0.29, 0.717) is 19.6 Å². The van der Waals surface area contributed by atoms with Crippen LogP contribution in [-0.2, 0) is 6.54 Å². The fourth-order valence-electron chi connectivity index (χ4n) is 2.23. The third-order valence-corrected chi connectivity index (χ3v) is 3.21. The van der Waals surface area contributed by atoms with E-state index in [1.807, 2.05) is 11.8 Å². The lowest BCUT2D eigenvalue weighted by atomic mass is 10.1. The van der Waals surface area contributed by atoms with Gasteiger partial charge in [-0.05, 0) is 30.3 Å². The molecule has 1 saturated heterocycles. The zero-order chi connectivity index (χ0) is 13.1. The minimum absolute atomic E-state index is 0.271. The maximum Gasteiger partial charge on any atom is 0.123 e. The van der Waals surface area contributed by atoms with Crippen molar-refractivity contribution in [3.63, 3.8) is 0 Å². The Morgan fingerprint density at radius 3 is 2.61 bits per heavy atom. The van der Waals surface area contributed by atoms with Crippen LogP contribution in [0.1, 0.15) is 12.5 Å². The zero-order valence-electron chi connectivity index (χ0n) is 10.4. The molecule has 0 spiro atoms. The maximum atomic E-state index is 13.3. The van der Waals surface area contributed by atoms with E-state index in [1.165, 1.54) is 12.1 Å². The van der Waals surface area contributed by atoms with Gasteiger partial charge in [0, 0.05) is 25.3 Å². The van der Waals surface area contributed by atoms with Crippen molar-refractivity contribution in [1.82, 2.24) is 5.32 Å². The van der Waals surface area contributed by atoms with Gasteiger partial charge in [-0.2, -0.15) is 0 Å². The first-order valence-electron chi connectivity index (χ1n) is 6.22. The average Bonchev–Trinajstić information content (AvgIpc) is 2.67. The van der Waals surface area contributed by atoms with Crippen LogP contribution >= 0.6 is 0 Å². The highest BCUT2D eigenvalue weighted by atomic mass is 19.1. The number of aliphatic hydroxyl groups excluding tert-OH is 2. The number of hydrogen-bond donors (Lipinski definition) is 3. The summed E-state index contributed by atoms with van der Waals surface area (Å²) in [5.41, 5.74) is 1.71. The fraction of sp³-hybridized carbons (Fsp3) is 0.538. The highest BCUT2D eigenvalue weighted by molar-refractivity contribution is 5.55. The summed E-state index contributed by atoms with van der Waals surface area (Å²) in [4.78, 5) is 1.89. The minimum atomic E-state index is -0.734. The van der Waals surface area contributed by atoms with Gasteiger partial charge in [0.25, 0.3) is 0 Å². The maximum absolute atomic E-state index is 13.3. The van der Waals surface area contributed by atoms with E-state index in [1.54, 1.807) is 6.07 Å². The van der Waals surface area contributed by atoms with Crippen molar-refractivity contribution in [2.75, 3.05) is 24.5 Å². The lowest BCUT2D eigenvalue weighted by Crippen LogP contribution is -2.24. The summed E-state index contributed by atoms with van der Waals surface area (Å²) in [5, 5.41) is 22.3. The molecule has 0 radical (unpaired) electrons. The van der Waals surface area contributed by atoms with Crippen LogP contribution in [0.4, 0.5) is 10.1 Å². The van der Waals surface area contributed by atoms with E-state index in [2.05, 4.69) is 5.32 Å². The molecule has 1 aromatic carbocycles. The van der Waals surface area contributed by atoms with Crippen LogP contribution in [-0.4, -0.2) is 42.1 Å². The van der Waals surface area contributed by atoms with Crippen LogP contribution in [0.15, 0.2) is 18.2 Å². The first kappa shape index (κ1) is 13.3. The summed E-state index contributed by atoms with van der Waals surface area (Å²) in [5.74, 6) is -0.271. The Labute approximate surface area is 106 Å². The monoisotopic (exact) mass is 254 g/mol. The van der Waals surface area contributed by atoms with Crippen molar-refractivity contribution in [1.29, 1.82) is 0 Å². The number of aliphatic hydroxyl groups is 2. The number of benzene rings is 1. The summed E-state index contributed by atoms with van der Waals surface area (Å²) in [6.45, 7) is 4.13. The quantitative estimate of drug-likeness (QED) is 0.731. The van der Waals surface area contributed by atoms with Gasteiger partial charge in [-0.1, -0.05) is 6.92 Å². The van der Waals surface area contributed by atoms with Crippen molar-refractivity contribution in [3.8, 4) is 0 Å². The molecule has 0 aliphatic carbocycles. The van der Waals surface area contributed by atoms with Gasteiger partial charge >= 0.3 is 0 Å². The number of hydrogen-bond acceptors (Lipinski definition) is 4. The second-order valence-electron chi connectivity index (χ2n) is 4.59. The molecule has 0 bridgehead atoms. The highest BCUT2D eigenvalue weighted by Gasteiger charge is 2.30. The minimum Gasteiger partial charge on any atom is -0.389 e. The molecule has 1 heterocycles. The van der Waals surface area contributed by atoms with Crippen LogP contribution < -0.4 is 10.2 Å². The molecule has 1 fully saturated rings. The molecule has 2 atom stereocenters. The SMILES string of the molecule is CCNCc1cc(F)ccc1N1CC(O)C(O)C1. The lowest BCUT2D eigenvalue weighted by molar-refractivity contribution is 0.0572. The zero-order valence-corrected chi connectivity index (χ0v) is 10.4. The molecule has 3 N–H and O–H groups in total. The Kier molecular flexibility index (Phi) is 4.16. The van der Waals surface area contributed by atoms with Crippen molar-refractivity contribution in [2.45, 2.75) is 25.7 Å². The number of rotatable bonds is 4. The van der Waals surface area contributed by atoms with E-state index in [4.69, 9.17) is 0 Å². The van der Waals surface area contributed by atoms with Crippen molar-refractivity contribution in [2.24, 2.45) is 0 Å². The second kappa shape index (κ2) is 5.65. The number of nitrogens with one attached hydrogen (secondary N) is 1. The second-order valence-corrected chi connectivity index (χ2v) is 4.59. The molecule has 0 aromatic heterocycles. The molecule has 2 rings (SSSR count). The number of anilines is 1. The molecule has 0 amide bonds. The standard InChI is InChI=1S/C13H19FN2O2/c1-2-15-6-9-5-10(14)3-4-11(9)16-7-12(17)13(18)8-16/h3-5,12-13,15,17-18H,2,6-8H2,1H3. The van der Waals surface area contributed by atoms with E-state index in [0.717, 1.165) is 17.8 Å². The van der Waals surface area contributed by atoms with E-state index in [-0.39, 0.29) is 5.82 Å². The van der Waals surface area contributed by atoms with E-state index >= 15 is 0 Å². The third kappa shape index (κ3) is 2.80. The van der Waals surface area contributed by atoms with Crippen molar-refractivity contribution >= 4 is 5.69 Å². The van der Waals surface area contributed by atoms with Gasteiger partial charge in [0.1, 0.15) is 5.82 Å². The molecule has 1 aliphatic rings. The van der Waals surface area contributed by atoms with Crippen LogP contribution in [0.3, 0.4) is 0 Å². The van der Waals surface area contributed by atoms with E-state index < -0.39 is 12.2 Å². The molecule has 5 heteroatoms. The summed E-state index contributed by atoms with van der Waals surface area (Å²) in [7, 11) is 0. The molecule has 4 nitrogen and oxygen atoms in total. The summed E-state index contributed by atoms with van der Waals surface area (Å²) in [6.07, 6.45) is -1.47. The first-order valence-corrected chi connectivity index (χ1v) is 6.22. The summed E-state index contributed by atoms with van der Waals surface area (Å²) >= 11 is 0. The number of β-amino-alcohol motifs (C(OH)–C–C–N with tert-alkyl or cyclic N) is 2. The number of nitrogens with zero attached hydrogens (tertiary/aromatic N) is 1. The molecular formula is C13H19FN2O2. The van der Waals surface area contributed by atoms with Crippen LogP contribution in [0.2, 0.25) is 0 Å². The van der Waals surface area contributed by atoms with E-state index in [9.17, 15) is 14.6 Å². The molecule has 18 heavy (non-hydrogen) atoms. The van der Waals surface area contributed by atoms with Gasteiger partial charge in [-0.3, -0.25) is 0 Å². The molecule has 100 valence electrons. The predicted molar refractivity (Wildman–Crippen MR) is 68.0 cm³/mol. The third-order valence-electron chi connectivity index (χ3n) is 3.21. The summed E-state index contributed by atoms with van der Waals surface area (Å²) in [6, 6.07) is 4.60. The molecule has 1 aliphatic heterocycles. The smallest absolute Gasteiger partial charge is 0.123 e. The van der Waals surface area contributed by atoms with Gasteiger partial charge in [0.2, 0.25) is 0 Å². The normalized spacial score (nSPS) is 23.7. The van der Waals surface area contributed by atoms with Gasteiger partial charge < -0.3 is 20.4 Å². The largest absolute Gasteiger partial charge is 0.389 e. The number of halogens is 1. The Morgan fingerprint density at radius 1 is 1.33 bits per heavy atom. The van der Waals surface area contributed by atoms with Gasteiger partial charge in [-0.25, -0.2) is 4.39 Å². The lowest BCUT2D eigenvalue weighted by Gasteiger charge is -2.21. The van der Waals surface area contributed by atoms with Crippen LogP contribution in [0.5, 0.6) is 0 Å². The van der Waals surface area contributed by atoms with Crippen LogP contribution in [0.25, 0.3) is 0 Å².